The van der Waals surface area contributed by atoms with E-state index in [-0.39, 0.29) is 23.2 Å². The highest BCUT2D eigenvalue weighted by atomic mass is 35.5. The molecule has 0 aliphatic carbocycles. The zero-order chi connectivity index (χ0) is 17.2. The van der Waals surface area contributed by atoms with Gasteiger partial charge in [-0.25, -0.2) is 4.79 Å². The van der Waals surface area contributed by atoms with Gasteiger partial charge < -0.3 is 20.1 Å². The van der Waals surface area contributed by atoms with Gasteiger partial charge in [0.2, 0.25) is 5.91 Å². The number of carbonyl (C=O) groups excluding carboxylic acids is 3. The number of benzene rings is 1. The topological polar surface area (TPSA) is 93.7 Å². The lowest BCUT2D eigenvalue weighted by Gasteiger charge is -2.09. The van der Waals surface area contributed by atoms with Gasteiger partial charge in [-0.05, 0) is 25.1 Å². The Morgan fingerprint density at radius 3 is 2.48 bits per heavy atom. The molecule has 0 aromatic heterocycles. The SMILES string of the molecule is CCNC(=O)CNC(=O)COC(=O)COc1ccc(Cl)cc1Cl. The predicted molar refractivity (Wildman–Crippen MR) is 84.6 cm³/mol. The van der Waals surface area contributed by atoms with Gasteiger partial charge in [0.1, 0.15) is 5.75 Å². The highest BCUT2D eigenvalue weighted by Crippen LogP contribution is 2.27. The number of likely N-dealkylation sites (N-methyl/N-ethyl adjacent to an activating group) is 1. The molecule has 0 spiro atoms. The molecule has 9 heteroatoms. The molecule has 23 heavy (non-hydrogen) atoms. The molecule has 0 aliphatic heterocycles. The van der Waals surface area contributed by atoms with Crippen molar-refractivity contribution < 1.29 is 23.9 Å². The Hall–Kier alpha value is -1.99. The lowest BCUT2D eigenvalue weighted by molar-refractivity contribution is -0.150. The summed E-state index contributed by atoms with van der Waals surface area (Å²) in [4.78, 5) is 34.0. The fraction of sp³-hybridized carbons (Fsp3) is 0.357. The first-order valence-electron chi connectivity index (χ1n) is 6.69. The summed E-state index contributed by atoms with van der Waals surface area (Å²) in [7, 11) is 0. The Morgan fingerprint density at radius 1 is 1.09 bits per heavy atom. The zero-order valence-corrected chi connectivity index (χ0v) is 13.9. The van der Waals surface area contributed by atoms with Crippen molar-refractivity contribution in [3.05, 3.63) is 28.2 Å². The van der Waals surface area contributed by atoms with E-state index in [1.165, 1.54) is 12.1 Å². The number of nitrogens with one attached hydrogen (secondary N) is 2. The van der Waals surface area contributed by atoms with Crippen LogP contribution in [0.1, 0.15) is 6.92 Å². The van der Waals surface area contributed by atoms with E-state index in [1.54, 1.807) is 13.0 Å². The van der Waals surface area contributed by atoms with Crippen LogP contribution >= 0.6 is 23.2 Å². The van der Waals surface area contributed by atoms with E-state index >= 15 is 0 Å². The molecule has 2 N–H and O–H groups in total. The lowest BCUT2D eigenvalue weighted by atomic mass is 10.3. The summed E-state index contributed by atoms with van der Waals surface area (Å²) in [5.74, 6) is -1.39. The van der Waals surface area contributed by atoms with E-state index in [2.05, 4.69) is 10.6 Å². The van der Waals surface area contributed by atoms with Gasteiger partial charge in [-0.1, -0.05) is 23.2 Å². The molecule has 2 amide bonds. The van der Waals surface area contributed by atoms with Gasteiger partial charge in [-0.3, -0.25) is 9.59 Å². The summed E-state index contributed by atoms with van der Waals surface area (Å²) in [5.41, 5.74) is 0. The molecular formula is C14H16Cl2N2O5. The van der Waals surface area contributed by atoms with Crippen LogP contribution < -0.4 is 15.4 Å². The number of halogens is 2. The number of ether oxygens (including phenoxy) is 2. The Balaban J connectivity index is 2.26. The van der Waals surface area contributed by atoms with Crippen LogP contribution in [0.3, 0.4) is 0 Å². The summed E-state index contributed by atoms with van der Waals surface area (Å²) >= 11 is 11.6. The maximum Gasteiger partial charge on any atom is 0.344 e. The van der Waals surface area contributed by atoms with Gasteiger partial charge in [0, 0.05) is 11.6 Å². The fourth-order valence-corrected chi connectivity index (χ4v) is 1.87. The average Bonchev–Trinajstić information content (AvgIpc) is 2.50. The minimum absolute atomic E-state index is 0.179. The molecule has 1 rings (SSSR count). The Morgan fingerprint density at radius 2 is 1.83 bits per heavy atom. The molecule has 0 atom stereocenters. The number of carbonyl (C=O) groups is 3. The second kappa shape index (κ2) is 9.91. The second-order valence-corrected chi connectivity index (χ2v) is 5.10. The smallest absolute Gasteiger partial charge is 0.344 e. The van der Waals surface area contributed by atoms with Crippen LogP contribution in [0, 0.1) is 0 Å². The standard InChI is InChI=1S/C14H16Cl2N2O5/c1-2-17-12(19)6-18-13(20)7-23-14(21)8-22-11-4-3-9(15)5-10(11)16/h3-5H,2,6-8H2,1H3,(H,17,19)(H,18,20). The number of hydrogen-bond acceptors (Lipinski definition) is 5. The quantitative estimate of drug-likeness (QED) is 0.677. The molecule has 7 nitrogen and oxygen atoms in total. The average molecular weight is 363 g/mol. The van der Waals surface area contributed by atoms with E-state index in [1.807, 2.05) is 0 Å². The fourth-order valence-electron chi connectivity index (χ4n) is 1.41. The maximum atomic E-state index is 11.5. The van der Waals surface area contributed by atoms with Crippen molar-refractivity contribution in [1.82, 2.24) is 10.6 Å². The zero-order valence-electron chi connectivity index (χ0n) is 12.4. The van der Waals surface area contributed by atoms with Gasteiger partial charge in [-0.2, -0.15) is 0 Å². The molecule has 0 heterocycles. The van der Waals surface area contributed by atoms with Gasteiger partial charge in [0.25, 0.3) is 5.91 Å². The molecule has 0 fully saturated rings. The molecule has 0 saturated carbocycles. The first-order valence-corrected chi connectivity index (χ1v) is 7.44. The van der Waals surface area contributed by atoms with Crippen LogP contribution in [0.25, 0.3) is 0 Å². The van der Waals surface area contributed by atoms with Gasteiger partial charge >= 0.3 is 5.97 Å². The molecular weight excluding hydrogens is 347 g/mol. The monoisotopic (exact) mass is 362 g/mol. The Bertz CT molecular complexity index is 580. The lowest BCUT2D eigenvalue weighted by Crippen LogP contribution is -2.38. The van der Waals surface area contributed by atoms with Crippen LogP contribution in [0.2, 0.25) is 10.0 Å². The molecule has 126 valence electrons. The number of rotatable bonds is 8. The minimum atomic E-state index is -0.746. The maximum absolute atomic E-state index is 11.5. The van der Waals surface area contributed by atoms with E-state index in [0.29, 0.717) is 11.6 Å². The van der Waals surface area contributed by atoms with E-state index in [0.717, 1.165) is 0 Å². The molecule has 0 bridgehead atoms. The highest BCUT2D eigenvalue weighted by Gasteiger charge is 2.11. The van der Waals surface area contributed by atoms with Gasteiger partial charge in [0.05, 0.1) is 11.6 Å². The third-order valence-corrected chi connectivity index (χ3v) is 2.95. The number of esters is 1. The van der Waals surface area contributed by atoms with Crippen LogP contribution in [0.4, 0.5) is 0 Å². The van der Waals surface area contributed by atoms with Crippen molar-refractivity contribution in [2.75, 3.05) is 26.3 Å². The minimum Gasteiger partial charge on any atom is -0.480 e. The molecule has 0 saturated heterocycles. The van der Waals surface area contributed by atoms with Crippen molar-refractivity contribution in [3.8, 4) is 5.75 Å². The van der Waals surface area contributed by atoms with Crippen LogP contribution in [0.5, 0.6) is 5.75 Å². The van der Waals surface area contributed by atoms with Crippen molar-refractivity contribution in [2.24, 2.45) is 0 Å². The summed E-state index contributed by atoms with van der Waals surface area (Å²) in [6, 6.07) is 4.54. The van der Waals surface area contributed by atoms with Crippen molar-refractivity contribution >= 4 is 41.0 Å². The first-order chi connectivity index (χ1) is 10.9. The Labute approximate surface area is 143 Å². The van der Waals surface area contributed by atoms with Crippen molar-refractivity contribution in [3.63, 3.8) is 0 Å². The largest absolute Gasteiger partial charge is 0.480 e. The van der Waals surface area contributed by atoms with Crippen LogP contribution in [-0.4, -0.2) is 44.1 Å². The first kappa shape index (κ1) is 19.1. The summed E-state index contributed by atoms with van der Waals surface area (Å²) in [6.07, 6.45) is 0. The van der Waals surface area contributed by atoms with Crippen LogP contribution in [0.15, 0.2) is 18.2 Å². The third-order valence-electron chi connectivity index (χ3n) is 2.42. The van der Waals surface area contributed by atoms with E-state index in [9.17, 15) is 14.4 Å². The summed E-state index contributed by atoms with van der Waals surface area (Å²) in [5, 5.41) is 5.51. The number of amides is 2. The van der Waals surface area contributed by atoms with Crippen LogP contribution in [-0.2, 0) is 19.1 Å². The molecule has 0 aliphatic rings. The summed E-state index contributed by atoms with van der Waals surface area (Å²) < 4.78 is 9.86. The molecule has 0 radical (unpaired) electrons. The normalized spacial score (nSPS) is 9.87. The van der Waals surface area contributed by atoms with Gasteiger partial charge in [0.15, 0.2) is 13.2 Å². The second-order valence-electron chi connectivity index (χ2n) is 4.25. The number of hydrogen-bond donors (Lipinski definition) is 2. The highest BCUT2D eigenvalue weighted by molar-refractivity contribution is 6.35. The summed E-state index contributed by atoms with van der Waals surface area (Å²) in [6.45, 7) is 1.13. The third kappa shape index (κ3) is 7.71. The molecule has 1 aromatic rings. The predicted octanol–water partition coefficient (Wildman–Crippen LogP) is 1.17. The Kier molecular flexibility index (Phi) is 8.21. The van der Waals surface area contributed by atoms with E-state index in [4.69, 9.17) is 32.7 Å². The molecule has 0 unspecified atom stereocenters. The molecule has 1 aromatic carbocycles. The van der Waals surface area contributed by atoms with Gasteiger partial charge in [-0.15, -0.1) is 0 Å². The van der Waals surface area contributed by atoms with Crippen molar-refractivity contribution in [2.45, 2.75) is 6.92 Å². The van der Waals surface area contributed by atoms with E-state index < -0.39 is 25.1 Å². The van der Waals surface area contributed by atoms with Crippen molar-refractivity contribution in [1.29, 1.82) is 0 Å².